The first-order chi connectivity index (χ1) is 15.5. The van der Waals surface area contributed by atoms with Crippen LogP contribution in [0.15, 0.2) is 72.1 Å². The van der Waals surface area contributed by atoms with E-state index in [0.717, 1.165) is 37.3 Å². The van der Waals surface area contributed by atoms with Gasteiger partial charge in [-0.15, -0.1) is 11.3 Å². The topological polar surface area (TPSA) is 23.6 Å². The highest BCUT2D eigenvalue weighted by Crippen LogP contribution is 2.35. The van der Waals surface area contributed by atoms with E-state index < -0.39 is 0 Å². The SMILES string of the molecule is CC(C)CN(C[C@@H]1CN(Cc2cccs2)C[C@@H]1c1ccc(F)cc1)C(=O)c1ccccc1. The molecule has 3 nitrogen and oxygen atoms in total. The zero-order chi connectivity index (χ0) is 22.5. The average Bonchev–Trinajstić information content (AvgIpc) is 3.44. The Balaban J connectivity index is 1.57. The molecule has 1 aliphatic rings. The summed E-state index contributed by atoms with van der Waals surface area (Å²) < 4.78 is 13.6. The Hall–Kier alpha value is -2.50. The Labute approximate surface area is 194 Å². The van der Waals surface area contributed by atoms with Gasteiger partial charge >= 0.3 is 0 Å². The number of likely N-dealkylation sites (tertiary alicyclic amines) is 1. The number of carbonyl (C=O) groups is 1. The molecule has 32 heavy (non-hydrogen) atoms. The first-order valence-corrected chi connectivity index (χ1v) is 12.2. The third kappa shape index (κ3) is 5.64. The third-order valence-corrected chi connectivity index (χ3v) is 6.98. The molecule has 2 aromatic carbocycles. The van der Waals surface area contributed by atoms with Crippen molar-refractivity contribution in [2.45, 2.75) is 26.3 Å². The molecule has 1 amide bonds. The predicted molar refractivity (Wildman–Crippen MR) is 129 cm³/mol. The van der Waals surface area contributed by atoms with E-state index >= 15 is 0 Å². The van der Waals surface area contributed by atoms with Crippen molar-refractivity contribution in [1.29, 1.82) is 0 Å². The van der Waals surface area contributed by atoms with Crippen molar-refractivity contribution in [2.75, 3.05) is 26.2 Å². The van der Waals surface area contributed by atoms with E-state index in [1.165, 1.54) is 4.88 Å². The van der Waals surface area contributed by atoms with Crippen LogP contribution in [0.5, 0.6) is 0 Å². The zero-order valence-corrected chi connectivity index (χ0v) is 19.6. The van der Waals surface area contributed by atoms with Gasteiger partial charge in [0.25, 0.3) is 5.91 Å². The fourth-order valence-electron chi connectivity index (χ4n) is 4.71. The molecule has 1 aliphatic heterocycles. The molecule has 3 aromatic rings. The molecule has 1 aromatic heterocycles. The largest absolute Gasteiger partial charge is 0.338 e. The Morgan fingerprint density at radius 1 is 1.06 bits per heavy atom. The van der Waals surface area contributed by atoms with Crippen molar-refractivity contribution in [1.82, 2.24) is 9.80 Å². The van der Waals surface area contributed by atoms with Crippen molar-refractivity contribution < 1.29 is 9.18 Å². The number of benzene rings is 2. The van der Waals surface area contributed by atoms with Crippen LogP contribution in [-0.2, 0) is 6.54 Å². The van der Waals surface area contributed by atoms with E-state index in [9.17, 15) is 9.18 Å². The van der Waals surface area contributed by atoms with E-state index in [4.69, 9.17) is 0 Å². The van der Waals surface area contributed by atoms with Crippen LogP contribution in [0.1, 0.15) is 40.6 Å². The number of hydrogen-bond donors (Lipinski definition) is 0. The highest BCUT2D eigenvalue weighted by Gasteiger charge is 2.36. The quantitative estimate of drug-likeness (QED) is 0.426. The van der Waals surface area contributed by atoms with Crippen molar-refractivity contribution >= 4 is 17.2 Å². The molecular weight excluding hydrogens is 419 g/mol. The number of nitrogens with zero attached hydrogens (tertiary/aromatic N) is 2. The molecule has 2 atom stereocenters. The van der Waals surface area contributed by atoms with Crippen molar-refractivity contribution in [3.8, 4) is 0 Å². The van der Waals surface area contributed by atoms with Gasteiger partial charge < -0.3 is 4.90 Å². The molecule has 0 aliphatic carbocycles. The Bertz CT molecular complexity index is 988. The summed E-state index contributed by atoms with van der Waals surface area (Å²) in [4.78, 5) is 19.2. The molecule has 1 fully saturated rings. The van der Waals surface area contributed by atoms with E-state index in [1.807, 2.05) is 47.4 Å². The summed E-state index contributed by atoms with van der Waals surface area (Å²) in [6, 6.07) is 20.7. The summed E-state index contributed by atoms with van der Waals surface area (Å²) in [7, 11) is 0. The zero-order valence-electron chi connectivity index (χ0n) is 18.8. The van der Waals surface area contributed by atoms with Gasteiger partial charge in [0.2, 0.25) is 0 Å². The molecule has 2 heterocycles. The summed E-state index contributed by atoms with van der Waals surface area (Å²) in [5.74, 6) is 0.837. The number of carbonyl (C=O) groups excluding carboxylic acids is 1. The Kier molecular flexibility index (Phi) is 7.38. The number of hydrogen-bond acceptors (Lipinski definition) is 3. The maximum atomic E-state index is 13.6. The highest BCUT2D eigenvalue weighted by molar-refractivity contribution is 7.09. The molecule has 0 radical (unpaired) electrons. The molecule has 0 unspecified atom stereocenters. The van der Waals surface area contributed by atoms with E-state index in [-0.39, 0.29) is 17.6 Å². The molecular formula is C27H31FN2OS. The van der Waals surface area contributed by atoms with Crippen LogP contribution in [0, 0.1) is 17.7 Å². The van der Waals surface area contributed by atoms with Crippen LogP contribution in [0.3, 0.4) is 0 Å². The molecule has 0 spiro atoms. The maximum absolute atomic E-state index is 13.6. The highest BCUT2D eigenvalue weighted by atomic mass is 32.1. The Morgan fingerprint density at radius 2 is 1.81 bits per heavy atom. The van der Waals surface area contributed by atoms with Crippen LogP contribution >= 0.6 is 11.3 Å². The summed E-state index contributed by atoms with van der Waals surface area (Å²) >= 11 is 1.78. The number of thiophene rings is 1. The minimum absolute atomic E-state index is 0.0915. The van der Waals surface area contributed by atoms with Crippen molar-refractivity contribution in [3.63, 3.8) is 0 Å². The lowest BCUT2D eigenvalue weighted by atomic mass is 9.88. The molecule has 4 rings (SSSR count). The van der Waals surface area contributed by atoms with E-state index in [0.29, 0.717) is 18.4 Å². The molecule has 1 saturated heterocycles. The number of rotatable bonds is 8. The minimum atomic E-state index is -0.209. The molecule has 0 N–H and O–H groups in total. The second-order valence-corrected chi connectivity index (χ2v) is 10.2. The fraction of sp³-hybridized carbons (Fsp3) is 0.370. The smallest absolute Gasteiger partial charge is 0.253 e. The Morgan fingerprint density at radius 3 is 2.47 bits per heavy atom. The van der Waals surface area contributed by atoms with Gasteiger partial charge in [-0.1, -0.05) is 50.2 Å². The number of amides is 1. The molecule has 0 bridgehead atoms. The van der Waals surface area contributed by atoms with Crippen LogP contribution in [0.2, 0.25) is 0 Å². The van der Waals surface area contributed by atoms with Crippen LogP contribution < -0.4 is 0 Å². The second-order valence-electron chi connectivity index (χ2n) is 9.16. The van der Waals surface area contributed by atoms with Crippen LogP contribution in [-0.4, -0.2) is 41.9 Å². The van der Waals surface area contributed by atoms with Gasteiger partial charge in [0.1, 0.15) is 5.82 Å². The van der Waals surface area contributed by atoms with Crippen LogP contribution in [0.25, 0.3) is 0 Å². The first-order valence-electron chi connectivity index (χ1n) is 11.3. The standard InChI is InChI=1S/C27H31FN2OS/c1-20(2)15-30(27(31)22-7-4-3-5-8-22)17-23-16-29(18-25-9-6-14-32-25)19-26(23)21-10-12-24(28)13-11-21/h3-14,20,23,26H,15-19H2,1-2H3/t23-,26+/m0/s1. The second kappa shape index (κ2) is 10.4. The third-order valence-electron chi connectivity index (χ3n) is 6.12. The van der Waals surface area contributed by atoms with Gasteiger partial charge in [0.05, 0.1) is 0 Å². The van der Waals surface area contributed by atoms with Gasteiger partial charge in [0.15, 0.2) is 0 Å². The monoisotopic (exact) mass is 450 g/mol. The molecule has 168 valence electrons. The number of halogens is 1. The van der Waals surface area contributed by atoms with Crippen molar-refractivity contribution in [2.24, 2.45) is 11.8 Å². The van der Waals surface area contributed by atoms with Crippen LogP contribution in [0.4, 0.5) is 4.39 Å². The molecule has 5 heteroatoms. The maximum Gasteiger partial charge on any atom is 0.253 e. The summed E-state index contributed by atoms with van der Waals surface area (Å²) in [6.45, 7) is 8.50. The lowest BCUT2D eigenvalue weighted by Crippen LogP contribution is -2.39. The average molecular weight is 451 g/mol. The minimum Gasteiger partial charge on any atom is -0.338 e. The van der Waals surface area contributed by atoms with Gasteiger partial charge in [-0.2, -0.15) is 0 Å². The predicted octanol–water partition coefficient (Wildman–Crippen LogP) is 5.90. The van der Waals surface area contributed by atoms with Gasteiger partial charge in [-0.25, -0.2) is 4.39 Å². The van der Waals surface area contributed by atoms with E-state index in [2.05, 4.69) is 36.3 Å². The normalized spacial score (nSPS) is 18.9. The first kappa shape index (κ1) is 22.7. The summed E-state index contributed by atoms with van der Waals surface area (Å²) in [5, 5.41) is 2.11. The van der Waals surface area contributed by atoms with E-state index in [1.54, 1.807) is 23.5 Å². The lowest BCUT2D eigenvalue weighted by Gasteiger charge is -2.30. The lowest BCUT2D eigenvalue weighted by molar-refractivity contribution is 0.0703. The summed E-state index contributed by atoms with van der Waals surface area (Å²) in [5.41, 5.74) is 1.89. The van der Waals surface area contributed by atoms with Crippen molar-refractivity contribution in [3.05, 3.63) is 93.9 Å². The fourth-order valence-corrected chi connectivity index (χ4v) is 5.46. The van der Waals surface area contributed by atoms with Gasteiger partial charge in [0, 0.05) is 49.1 Å². The van der Waals surface area contributed by atoms with Gasteiger partial charge in [-0.05, 0) is 53.1 Å². The summed E-state index contributed by atoms with van der Waals surface area (Å²) in [6.07, 6.45) is 0. The molecule has 0 saturated carbocycles. The van der Waals surface area contributed by atoms with Gasteiger partial charge in [-0.3, -0.25) is 9.69 Å².